The predicted octanol–water partition coefficient (Wildman–Crippen LogP) is 2.37. The fraction of sp³-hybridized carbons (Fsp3) is 0.385. The Kier molecular flexibility index (Phi) is 4.22. The molecule has 1 aromatic rings. The van der Waals surface area contributed by atoms with Gasteiger partial charge in [0.05, 0.1) is 6.10 Å². The molecular formula is C13H16O. The number of rotatable bonds is 2. The van der Waals surface area contributed by atoms with Crippen LogP contribution in [-0.4, -0.2) is 11.2 Å². The maximum atomic E-state index is 9.05. The second kappa shape index (κ2) is 5.47. The maximum absolute atomic E-state index is 9.05. The minimum atomic E-state index is -0.337. The Morgan fingerprint density at radius 3 is 2.71 bits per heavy atom. The Bertz CT molecular complexity index is 342. The molecule has 1 rings (SSSR count). The van der Waals surface area contributed by atoms with Crippen molar-refractivity contribution in [1.29, 1.82) is 0 Å². The zero-order valence-electron chi connectivity index (χ0n) is 8.75. The highest BCUT2D eigenvalue weighted by Gasteiger charge is 1.94. The Labute approximate surface area is 85.8 Å². The summed E-state index contributed by atoms with van der Waals surface area (Å²) in [5, 5.41) is 9.05. The monoisotopic (exact) mass is 188 g/mol. The quantitative estimate of drug-likeness (QED) is 0.706. The summed E-state index contributed by atoms with van der Waals surface area (Å²) >= 11 is 0. The van der Waals surface area contributed by atoms with E-state index in [1.165, 1.54) is 5.56 Å². The smallest absolute Gasteiger partial charge is 0.0621 e. The Balaban J connectivity index is 2.78. The summed E-state index contributed by atoms with van der Waals surface area (Å²) < 4.78 is 0. The highest BCUT2D eigenvalue weighted by atomic mass is 16.3. The van der Waals surface area contributed by atoms with Gasteiger partial charge in [-0.2, -0.15) is 0 Å². The third-order valence-electron chi connectivity index (χ3n) is 2.02. The summed E-state index contributed by atoms with van der Waals surface area (Å²) in [7, 11) is 0. The molecule has 1 unspecified atom stereocenters. The average molecular weight is 188 g/mol. The third-order valence-corrected chi connectivity index (χ3v) is 2.02. The molecule has 14 heavy (non-hydrogen) atoms. The van der Waals surface area contributed by atoms with Gasteiger partial charge in [-0.3, -0.25) is 0 Å². The molecule has 1 N–H and O–H groups in total. The van der Waals surface area contributed by atoms with E-state index in [1.54, 1.807) is 6.92 Å². The third kappa shape index (κ3) is 3.24. The van der Waals surface area contributed by atoms with Crippen molar-refractivity contribution >= 4 is 0 Å². The molecule has 0 amide bonds. The van der Waals surface area contributed by atoms with Crippen LogP contribution in [0.1, 0.15) is 31.4 Å². The molecular weight excluding hydrogens is 172 g/mol. The van der Waals surface area contributed by atoms with Crippen molar-refractivity contribution in [3.63, 3.8) is 0 Å². The number of aliphatic hydroxyl groups excluding tert-OH is 1. The van der Waals surface area contributed by atoms with Crippen LogP contribution in [0.25, 0.3) is 0 Å². The van der Waals surface area contributed by atoms with E-state index in [-0.39, 0.29) is 6.10 Å². The van der Waals surface area contributed by atoms with Gasteiger partial charge in [0.15, 0.2) is 0 Å². The first-order chi connectivity index (χ1) is 6.74. The van der Waals surface area contributed by atoms with E-state index >= 15 is 0 Å². The van der Waals surface area contributed by atoms with Crippen molar-refractivity contribution in [2.75, 3.05) is 0 Å². The average Bonchev–Trinajstić information content (AvgIpc) is 2.18. The van der Waals surface area contributed by atoms with Crippen LogP contribution >= 0.6 is 0 Å². The molecule has 0 saturated carbocycles. The zero-order valence-corrected chi connectivity index (χ0v) is 8.75. The molecule has 74 valence electrons. The maximum Gasteiger partial charge on any atom is 0.0621 e. The first-order valence-corrected chi connectivity index (χ1v) is 4.99. The highest BCUT2D eigenvalue weighted by Crippen LogP contribution is 2.07. The van der Waals surface area contributed by atoms with Gasteiger partial charge in [0, 0.05) is 12.0 Å². The van der Waals surface area contributed by atoms with Crippen LogP contribution in [0, 0.1) is 11.8 Å². The number of hydrogen-bond donors (Lipinski definition) is 1. The minimum Gasteiger partial charge on any atom is -0.392 e. The van der Waals surface area contributed by atoms with Crippen LogP contribution in [0.4, 0.5) is 0 Å². The van der Waals surface area contributed by atoms with Gasteiger partial charge in [-0.05, 0) is 25.0 Å². The fourth-order valence-corrected chi connectivity index (χ4v) is 1.24. The van der Waals surface area contributed by atoms with E-state index in [0.29, 0.717) is 6.42 Å². The van der Waals surface area contributed by atoms with Crippen molar-refractivity contribution < 1.29 is 5.11 Å². The molecule has 0 spiro atoms. The highest BCUT2D eigenvalue weighted by molar-refractivity contribution is 5.41. The minimum absolute atomic E-state index is 0.337. The molecule has 0 saturated heterocycles. The van der Waals surface area contributed by atoms with Gasteiger partial charge in [0.2, 0.25) is 0 Å². The number of hydrogen-bond acceptors (Lipinski definition) is 1. The molecule has 1 heteroatoms. The summed E-state index contributed by atoms with van der Waals surface area (Å²) in [4.78, 5) is 0. The second-order valence-electron chi connectivity index (χ2n) is 3.37. The SMILES string of the molecule is CCc1ccccc1C#CCC(C)O. The normalized spacial score (nSPS) is 11.6. The topological polar surface area (TPSA) is 20.2 Å². The van der Waals surface area contributed by atoms with E-state index in [4.69, 9.17) is 5.11 Å². The lowest BCUT2D eigenvalue weighted by Gasteiger charge is -1.99. The molecule has 1 aromatic carbocycles. The number of benzene rings is 1. The molecule has 0 radical (unpaired) electrons. The van der Waals surface area contributed by atoms with E-state index in [0.717, 1.165) is 12.0 Å². The van der Waals surface area contributed by atoms with Crippen LogP contribution in [0.2, 0.25) is 0 Å². The number of aliphatic hydroxyl groups is 1. The van der Waals surface area contributed by atoms with Crippen LogP contribution in [0.5, 0.6) is 0 Å². The summed E-state index contributed by atoms with van der Waals surface area (Å²) in [5.74, 6) is 6.06. The van der Waals surface area contributed by atoms with Gasteiger partial charge >= 0.3 is 0 Å². The van der Waals surface area contributed by atoms with Crippen LogP contribution < -0.4 is 0 Å². The second-order valence-corrected chi connectivity index (χ2v) is 3.37. The molecule has 1 atom stereocenters. The van der Waals surface area contributed by atoms with Gasteiger partial charge in [-0.15, -0.1) is 0 Å². The van der Waals surface area contributed by atoms with Crippen LogP contribution in [0.3, 0.4) is 0 Å². The molecule has 0 fully saturated rings. The zero-order chi connectivity index (χ0) is 10.4. The van der Waals surface area contributed by atoms with Crippen LogP contribution in [0.15, 0.2) is 24.3 Å². The van der Waals surface area contributed by atoms with E-state index in [1.807, 2.05) is 18.2 Å². The standard InChI is InChI=1S/C13H16O/c1-3-12-8-4-5-9-13(12)10-6-7-11(2)14/h4-5,8-9,11,14H,3,7H2,1-2H3. The first kappa shape index (κ1) is 10.8. The van der Waals surface area contributed by atoms with Gasteiger partial charge in [0.1, 0.15) is 0 Å². The number of aryl methyl sites for hydroxylation is 1. The lowest BCUT2D eigenvalue weighted by molar-refractivity contribution is 0.201. The van der Waals surface area contributed by atoms with Crippen molar-refractivity contribution in [1.82, 2.24) is 0 Å². The van der Waals surface area contributed by atoms with E-state index < -0.39 is 0 Å². The predicted molar refractivity (Wildman–Crippen MR) is 59.0 cm³/mol. The van der Waals surface area contributed by atoms with E-state index in [9.17, 15) is 0 Å². The first-order valence-electron chi connectivity index (χ1n) is 4.99. The summed E-state index contributed by atoms with van der Waals surface area (Å²) in [5.41, 5.74) is 2.35. The Morgan fingerprint density at radius 2 is 2.07 bits per heavy atom. The Morgan fingerprint density at radius 1 is 1.36 bits per heavy atom. The van der Waals surface area contributed by atoms with Gasteiger partial charge in [-0.1, -0.05) is 37.0 Å². The Hall–Kier alpha value is -1.26. The molecule has 0 aliphatic heterocycles. The van der Waals surface area contributed by atoms with Gasteiger partial charge in [0.25, 0.3) is 0 Å². The lowest BCUT2D eigenvalue weighted by Crippen LogP contribution is -1.96. The summed E-state index contributed by atoms with van der Waals surface area (Å²) in [6.45, 7) is 3.87. The van der Waals surface area contributed by atoms with Crippen molar-refractivity contribution in [3.05, 3.63) is 35.4 Å². The molecule has 0 aromatic heterocycles. The lowest BCUT2D eigenvalue weighted by atomic mass is 10.1. The largest absolute Gasteiger partial charge is 0.392 e. The fourth-order valence-electron chi connectivity index (χ4n) is 1.24. The molecule has 0 aliphatic rings. The van der Waals surface area contributed by atoms with Crippen molar-refractivity contribution in [2.24, 2.45) is 0 Å². The van der Waals surface area contributed by atoms with Crippen LogP contribution in [-0.2, 0) is 6.42 Å². The van der Waals surface area contributed by atoms with E-state index in [2.05, 4.69) is 24.8 Å². The molecule has 0 bridgehead atoms. The summed E-state index contributed by atoms with van der Waals surface area (Å²) in [6.07, 6.45) is 1.20. The van der Waals surface area contributed by atoms with Gasteiger partial charge in [-0.25, -0.2) is 0 Å². The van der Waals surface area contributed by atoms with Crippen molar-refractivity contribution in [3.8, 4) is 11.8 Å². The molecule has 0 heterocycles. The summed E-state index contributed by atoms with van der Waals surface area (Å²) in [6, 6.07) is 8.13. The van der Waals surface area contributed by atoms with Gasteiger partial charge < -0.3 is 5.11 Å². The molecule has 1 nitrogen and oxygen atoms in total. The van der Waals surface area contributed by atoms with Crippen molar-refractivity contribution in [2.45, 2.75) is 32.8 Å². The molecule has 0 aliphatic carbocycles.